The summed E-state index contributed by atoms with van der Waals surface area (Å²) in [5.41, 5.74) is 1.99. The molecule has 2 nitrogen and oxygen atoms in total. The second kappa shape index (κ2) is 6.87. The fourth-order valence-electron chi connectivity index (χ4n) is 2.25. The van der Waals surface area contributed by atoms with Crippen LogP contribution in [0.4, 0.5) is 0 Å². The fraction of sp³-hybridized carbons (Fsp3) is 0.500. The van der Waals surface area contributed by atoms with Gasteiger partial charge in [0.05, 0.1) is 16.1 Å². The Morgan fingerprint density at radius 1 is 1.42 bits per heavy atom. The van der Waals surface area contributed by atoms with E-state index in [0.717, 1.165) is 39.8 Å². The summed E-state index contributed by atoms with van der Waals surface area (Å²) in [4.78, 5) is 4.68. The number of benzene rings is 1. The third-order valence-corrected chi connectivity index (χ3v) is 4.68. The van der Waals surface area contributed by atoms with Crippen LogP contribution in [0, 0.1) is 0 Å². The van der Waals surface area contributed by atoms with Gasteiger partial charge in [0, 0.05) is 24.1 Å². The van der Waals surface area contributed by atoms with Crippen LogP contribution in [0.5, 0.6) is 0 Å². The number of fused-ring (bicyclic) bond motifs is 1. The standard InChI is InChI=1S/C14H18Cl2N2S/c1-3-19-9-10(2)18-13(7-8-15)17-12-6-4-5-11(16)14(12)18/h4-6,10H,3,7-9H2,1-2H3. The maximum Gasteiger partial charge on any atom is 0.111 e. The van der Waals surface area contributed by atoms with Crippen LogP contribution < -0.4 is 0 Å². The Bertz CT molecular complexity index is 554. The van der Waals surface area contributed by atoms with Crippen molar-refractivity contribution in [2.75, 3.05) is 17.4 Å². The van der Waals surface area contributed by atoms with E-state index in [9.17, 15) is 0 Å². The average molecular weight is 317 g/mol. The molecular weight excluding hydrogens is 299 g/mol. The first-order chi connectivity index (χ1) is 9.19. The number of thioether (sulfide) groups is 1. The Morgan fingerprint density at radius 2 is 2.21 bits per heavy atom. The quantitative estimate of drug-likeness (QED) is 0.713. The highest BCUT2D eigenvalue weighted by atomic mass is 35.5. The zero-order chi connectivity index (χ0) is 13.8. The minimum atomic E-state index is 0.369. The third-order valence-electron chi connectivity index (χ3n) is 3.06. The summed E-state index contributed by atoms with van der Waals surface area (Å²) in [5, 5.41) is 0.763. The average Bonchev–Trinajstić information content (AvgIpc) is 2.76. The lowest BCUT2D eigenvalue weighted by Crippen LogP contribution is -2.12. The van der Waals surface area contributed by atoms with Gasteiger partial charge in [-0.2, -0.15) is 11.8 Å². The smallest absolute Gasteiger partial charge is 0.111 e. The van der Waals surface area contributed by atoms with Crippen molar-refractivity contribution in [3.05, 3.63) is 29.0 Å². The van der Waals surface area contributed by atoms with Gasteiger partial charge in [0.25, 0.3) is 0 Å². The second-order valence-electron chi connectivity index (χ2n) is 4.45. The molecule has 0 spiro atoms. The van der Waals surface area contributed by atoms with Crippen LogP contribution in [0.1, 0.15) is 25.7 Å². The minimum Gasteiger partial charge on any atom is -0.323 e. The van der Waals surface area contributed by atoms with Crippen molar-refractivity contribution >= 4 is 46.0 Å². The molecule has 1 aromatic heterocycles. The predicted octanol–water partition coefficient (Wildman–Crippen LogP) is 4.79. The molecule has 0 saturated heterocycles. The lowest BCUT2D eigenvalue weighted by atomic mass is 10.3. The number of halogens is 2. The minimum absolute atomic E-state index is 0.369. The Balaban J connectivity index is 2.50. The number of aryl methyl sites for hydroxylation is 1. The van der Waals surface area contributed by atoms with E-state index in [1.807, 2.05) is 30.0 Å². The van der Waals surface area contributed by atoms with Crippen LogP contribution in [0.25, 0.3) is 11.0 Å². The summed E-state index contributed by atoms with van der Waals surface area (Å²) in [6, 6.07) is 6.24. The zero-order valence-corrected chi connectivity index (χ0v) is 13.5. The molecular formula is C14H18Cl2N2S. The number of imidazole rings is 1. The molecule has 1 unspecified atom stereocenters. The molecule has 1 heterocycles. The summed E-state index contributed by atoms with van der Waals surface area (Å²) >= 11 is 14.2. The molecule has 1 aromatic carbocycles. The molecule has 1 atom stereocenters. The van der Waals surface area contributed by atoms with Gasteiger partial charge in [-0.3, -0.25) is 0 Å². The molecule has 0 radical (unpaired) electrons. The number of hydrogen-bond donors (Lipinski definition) is 0. The molecule has 0 saturated carbocycles. The van der Waals surface area contributed by atoms with E-state index in [-0.39, 0.29) is 0 Å². The Labute approximate surface area is 128 Å². The maximum atomic E-state index is 6.35. The van der Waals surface area contributed by atoms with E-state index in [1.54, 1.807) is 0 Å². The van der Waals surface area contributed by atoms with E-state index in [4.69, 9.17) is 23.2 Å². The lowest BCUT2D eigenvalue weighted by molar-refractivity contribution is 0.597. The van der Waals surface area contributed by atoms with Crippen molar-refractivity contribution in [2.45, 2.75) is 26.3 Å². The topological polar surface area (TPSA) is 17.8 Å². The molecule has 5 heteroatoms. The molecule has 0 bridgehead atoms. The number of rotatable bonds is 6. The summed E-state index contributed by atoms with van der Waals surface area (Å²) in [6.45, 7) is 4.39. The van der Waals surface area contributed by atoms with E-state index < -0.39 is 0 Å². The highest BCUT2D eigenvalue weighted by Gasteiger charge is 2.17. The van der Waals surface area contributed by atoms with Crippen molar-refractivity contribution in [1.29, 1.82) is 0 Å². The Hall–Kier alpha value is -0.380. The van der Waals surface area contributed by atoms with Gasteiger partial charge in [-0.15, -0.1) is 11.6 Å². The lowest BCUT2D eigenvalue weighted by Gasteiger charge is -2.17. The zero-order valence-electron chi connectivity index (χ0n) is 11.2. The first-order valence-corrected chi connectivity index (χ1v) is 8.54. The summed E-state index contributed by atoms with van der Waals surface area (Å²) in [7, 11) is 0. The van der Waals surface area contributed by atoms with Gasteiger partial charge in [0.1, 0.15) is 5.82 Å². The van der Waals surface area contributed by atoms with Crippen LogP contribution in [0.2, 0.25) is 5.02 Å². The van der Waals surface area contributed by atoms with Crippen LogP contribution in [-0.4, -0.2) is 26.9 Å². The van der Waals surface area contributed by atoms with E-state index in [2.05, 4.69) is 23.4 Å². The van der Waals surface area contributed by atoms with Crippen molar-refractivity contribution in [2.24, 2.45) is 0 Å². The van der Waals surface area contributed by atoms with Gasteiger partial charge in [-0.1, -0.05) is 24.6 Å². The molecule has 0 aliphatic rings. The summed E-state index contributed by atoms with van der Waals surface area (Å²) < 4.78 is 2.25. The third kappa shape index (κ3) is 3.21. The van der Waals surface area contributed by atoms with Crippen LogP contribution >= 0.6 is 35.0 Å². The van der Waals surface area contributed by atoms with E-state index >= 15 is 0 Å². The highest BCUT2D eigenvalue weighted by molar-refractivity contribution is 7.99. The van der Waals surface area contributed by atoms with Crippen molar-refractivity contribution in [3.8, 4) is 0 Å². The molecule has 19 heavy (non-hydrogen) atoms. The Morgan fingerprint density at radius 3 is 2.89 bits per heavy atom. The van der Waals surface area contributed by atoms with Crippen molar-refractivity contribution in [3.63, 3.8) is 0 Å². The number of alkyl halides is 1. The van der Waals surface area contributed by atoms with Crippen molar-refractivity contribution < 1.29 is 0 Å². The van der Waals surface area contributed by atoms with Gasteiger partial charge in [-0.05, 0) is 24.8 Å². The second-order valence-corrected chi connectivity index (χ2v) is 6.56. The number of nitrogens with zero attached hydrogens (tertiary/aromatic N) is 2. The summed E-state index contributed by atoms with van der Waals surface area (Å²) in [5.74, 6) is 3.79. The first-order valence-electron chi connectivity index (χ1n) is 6.48. The molecule has 0 amide bonds. The molecule has 2 aromatic rings. The molecule has 0 aliphatic heterocycles. The molecule has 2 rings (SSSR count). The molecule has 0 N–H and O–H groups in total. The van der Waals surface area contributed by atoms with Gasteiger partial charge >= 0.3 is 0 Å². The molecule has 104 valence electrons. The molecule has 0 aliphatic carbocycles. The van der Waals surface area contributed by atoms with Gasteiger partial charge in [-0.25, -0.2) is 4.98 Å². The predicted molar refractivity (Wildman–Crippen MR) is 86.9 cm³/mol. The first kappa shape index (κ1) is 15.0. The van der Waals surface area contributed by atoms with E-state index in [0.29, 0.717) is 11.9 Å². The monoisotopic (exact) mass is 316 g/mol. The van der Waals surface area contributed by atoms with Crippen LogP contribution in [0.15, 0.2) is 18.2 Å². The largest absolute Gasteiger partial charge is 0.323 e. The summed E-state index contributed by atoms with van der Waals surface area (Å²) in [6.07, 6.45) is 0.772. The SMILES string of the molecule is CCSCC(C)n1c(CCCl)nc2cccc(Cl)c21. The van der Waals surface area contributed by atoms with Gasteiger partial charge in [0.2, 0.25) is 0 Å². The van der Waals surface area contributed by atoms with Gasteiger partial charge < -0.3 is 4.57 Å². The number of hydrogen-bond acceptors (Lipinski definition) is 2. The molecule has 0 fully saturated rings. The van der Waals surface area contributed by atoms with Crippen molar-refractivity contribution in [1.82, 2.24) is 9.55 Å². The van der Waals surface area contributed by atoms with Crippen LogP contribution in [-0.2, 0) is 6.42 Å². The Kier molecular flexibility index (Phi) is 5.43. The normalized spacial score (nSPS) is 13.1. The highest BCUT2D eigenvalue weighted by Crippen LogP contribution is 2.29. The maximum absolute atomic E-state index is 6.35. The fourth-order valence-corrected chi connectivity index (χ4v) is 3.41. The van der Waals surface area contributed by atoms with E-state index in [1.165, 1.54) is 0 Å². The van der Waals surface area contributed by atoms with Gasteiger partial charge in [0.15, 0.2) is 0 Å². The number of para-hydroxylation sites is 1. The van der Waals surface area contributed by atoms with Crippen LogP contribution in [0.3, 0.4) is 0 Å². The number of aromatic nitrogens is 2.